The van der Waals surface area contributed by atoms with Crippen LogP contribution in [0.4, 0.5) is 0 Å². The number of rotatable bonds is 6. The van der Waals surface area contributed by atoms with E-state index in [9.17, 15) is 4.79 Å². The second-order valence-corrected chi connectivity index (χ2v) is 6.92. The van der Waals surface area contributed by atoms with Crippen LogP contribution in [0.2, 0.25) is 0 Å². The smallest absolute Gasteiger partial charge is 0.220 e. The number of carbonyl (C=O) groups excluding carboxylic acids is 1. The molecule has 0 spiro atoms. The summed E-state index contributed by atoms with van der Waals surface area (Å²) in [5.74, 6) is 1.73. The average Bonchev–Trinajstić information content (AvgIpc) is 3.23. The Bertz CT molecular complexity index is 333. The van der Waals surface area contributed by atoms with Crippen LogP contribution in [0.1, 0.15) is 44.9 Å². The van der Waals surface area contributed by atoms with Gasteiger partial charge < -0.3 is 15.5 Å². The molecule has 2 aliphatic heterocycles. The lowest BCUT2D eigenvalue weighted by Crippen LogP contribution is -2.32. The van der Waals surface area contributed by atoms with Crippen LogP contribution in [0, 0.1) is 11.8 Å². The Morgan fingerprint density at radius 1 is 1.05 bits per heavy atom. The van der Waals surface area contributed by atoms with Gasteiger partial charge in [0.1, 0.15) is 0 Å². The fraction of sp³-hybridized carbons (Fsp3) is 0.938. The summed E-state index contributed by atoms with van der Waals surface area (Å²) in [6.45, 7) is 5.62. The van der Waals surface area contributed by atoms with Gasteiger partial charge in [0.15, 0.2) is 0 Å². The van der Waals surface area contributed by atoms with E-state index in [0.717, 1.165) is 44.4 Å². The summed E-state index contributed by atoms with van der Waals surface area (Å²) in [6, 6.07) is 0.885. The van der Waals surface area contributed by atoms with E-state index in [-0.39, 0.29) is 30.7 Å². The molecule has 3 aliphatic rings. The minimum absolute atomic E-state index is 0. The summed E-state index contributed by atoms with van der Waals surface area (Å²) < 4.78 is 0. The molecule has 1 amide bonds. The fourth-order valence-corrected chi connectivity index (χ4v) is 3.65. The van der Waals surface area contributed by atoms with Crippen LogP contribution in [-0.4, -0.2) is 49.6 Å². The maximum Gasteiger partial charge on any atom is 0.220 e. The lowest BCUT2D eigenvalue weighted by molar-refractivity contribution is -0.121. The fourth-order valence-electron chi connectivity index (χ4n) is 3.65. The Balaban J connectivity index is 0.00000121. The molecule has 0 bridgehead atoms. The zero-order valence-electron chi connectivity index (χ0n) is 13.4. The molecule has 130 valence electrons. The number of piperidine rings is 1. The van der Waals surface area contributed by atoms with E-state index in [4.69, 9.17) is 0 Å². The van der Waals surface area contributed by atoms with Gasteiger partial charge in [0.2, 0.25) is 5.91 Å². The largest absolute Gasteiger partial charge is 0.356 e. The molecule has 2 N–H and O–H groups in total. The molecular weight excluding hydrogens is 321 g/mol. The highest BCUT2D eigenvalue weighted by Gasteiger charge is 2.34. The Hall–Kier alpha value is -0.0300. The van der Waals surface area contributed by atoms with Gasteiger partial charge in [-0.05, 0) is 70.0 Å². The number of hydrogen-bond donors (Lipinski definition) is 2. The molecule has 1 saturated carbocycles. The lowest BCUT2D eigenvalue weighted by Gasteiger charge is -2.22. The molecule has 22 heavy (non-hydrogen) atoms. The molecule has 1 aliphatic carbocycles. The van der Waals surface area contributed by atoms with Gasteiger partial charge in [0, 0.05) is 25.6 Å². The Morgan fingerprint density at radius 3 is 2.45 bits per heavy atom. The van der Waals surface area contributed by atoms with Crippen LogP contribution in [-0.2, 0) is 4.79 Å². The monoisotopic (exact) mass is 351 g/mol. The third-order valence-electron chi connectivity index (χ3n) is 5.21. The molecule has 4 nitrogen and oxygen atoms in total. The zero-order chi connectivity index (χ0) is 13.8. The molecule has 3 rings (SSSR count). The van der Waals surface area contributed by atoms with Crippen molar-refractivity contribution in [3.05, 3.63) is 0 Å². The summed E-state index contributed by atoms with van der Waals surface area (Å²) in [5.41, 5.74) is 0. The van der Waals surface area contributed by atoms with Crippen LogP contribution in [0.3, 0.4) is 0 Å². The van der Waals surface area contributed by atoms with Crippen molar-refractivity contribution in [1.29, 1.82) is 0 Å². The number of halogens is 2. The van der Waals surface area contributed by atoms with Crippen LogP contribution < -0.4 is 10.6 Å². The van der Waals surface area contributed by atoms with Gasteiger partial charge in [-0.1, -0.05) is 0 Å². The topological polar surface area (TPSA) is 44.4 Å². The summed E-state index contributed by atoms with van der Waals surface area (Å²) in [4.78, 5) is 14.5. The number of likely N-dealkylation sites (tertiary alicyclic amines) is 1. The Morgan fingerprint density at radius 2 is 1.77 bits per heavy atom. The van der Waals surface area contributed by atoms with Gasteiger partial charge in [-0.3, -0.25) is 4.79 Å². The number of carbonyl (C=O) groups is 1. The van der Waals surface area contributed by atoms with Crippen molar-refractivity contribution < 1.29 is 4.79 Å². The molecule has 0 aromatic heterocycles. The summed E-state index contributed by atoms with van der Waals surface area (Å²) in [5, 5.41) is 6.54. The van der Waals surface area contributed by atoms with E-state index >= 15 is 0 Å². The molecule has 1 atom stereocenters. The first kappa shape index (κ1) is 20.0. The van der Waals surface area contributed by atoms with Gasteiger partial charge in [0.25, 0.3) is 0 Å². The molecular formula is C16H31Cl2N3O. The maximum absolute atomic E-state index is 11.9. The highest BCUT2D eigenvalue weighted by Crippen LogP contribution is 2.31. The number of nitrogens with zero attached hydrogens (tertiary/aromatic N) is 1. The van der Waals surface area contributed by atoms with Crippen LogP contribution >= 0.6 is 24.8 Å². The minimum atomic E-state index is 0. The number of nitrogens with one attached hydrogen (secondary N) is 2. The first-order valence-electron chi connectivity index (χ1n) is 8.52. The average molecular weight is 352 g/mol. The highest BCUT2D eigenvalue weighted by molar-refractivity contribution is 5.85. The van der Waals surface area contributed by atoms with Crippen molar-refractivity contribution in [2.75, 3.05) is 32.7 Å². The van der Waals surface area contributed by atoms with Gasteiger partial charge in [0.05, 0.1) is 0 Å². The van der Waals surface area contributed by atoms with E-state index in [0.29, 0.717) is 5.92 Å². The summed E-state index contributed by atoms with van der Waals surface area (Å²) >= 11 is 0. The molecule has 2 heterocycles. The SMILES string of the molecule is Cl.Cl.O=C(CCC1CCNCC1)NCC1CCN(C2CC2)C1. The predicted molar refractivity (Wildman–Crippen MR) is 95.0 cm³/mol. The lowest BCUT2D eigenvalue weighted by atomic mass is 9.93. The van der Waals surface area contributed by atoms with Crippen molar-refractivity contribution >= 4 is 30.7 Å². The zero-order valence-corrected chi connectivity index (χ0v) is 15.0. The molecule has 0 aromatic rings. The standard InChI is InChI=1S/C16H29N3O.2ClH/c20-16(4-1-13-5-8-17-9-6-13)18-11-14-7-10-19(12-14)15-2-3-15;;/h13-15,17H,1-12H2,(H,18,20);2*1H. The summed E-state index contributed by atoms with van der Waals surface area (Å²) in [6.07, 6.45) is 8.35. The van der Waals surface area contributed by atoms with Crippen molar-refractivity contribution in [2.45, 2.75) is 51.0 Å². The van der Waals surface area contributed by atoms with Crippen molar-refractivity contribution in [3.63, 3.8) is 0 Å². The van der Waals surface area contributed by atoms with Gasteiger partial charge in [-0.25, -0.2) is 0 Å². The molecule has 0 radical (unpaired) electrons. The van der Waals surface area contributed by atoms with Crippen molar-refractivity contribution in [3.8, 4) is 0 Å². The molecule has 6 heteroatoms. The first-order valence-corrected chi connectivity index (χ1v) is 8.52. The van der Waals surface area contributed by atoms with Gasteiger partial charge in [-0.15, -0.1) is 24.8 Å². The third-order valence-corrected chi connectivity index (χ3v) is 5.21. The predicted octanol–water partition coefficient (Wildman–Crippen LogP) is 2.21. The molecule has 1 unspecified atom stereocenters. The first-order chi connectivity index (χ1) is 9.81. The second-order valence-electron chi connectivity index (χ2n) is 6.92. The van der Waals surface area contributed by atoms with Gasteiger partial charge >= 0.3 is 0 Å². The number of hydrogen-bond acceptors (Lipinski definition) is 3. The number of amides is 1. The van der Waals surface area contributed by atoms with E-state index < -0.39 is 0 Å². The van der Waals surface area contributed by atoms with Crippen molar-refractivity contribution in [2.24, 2.45) is 11.8 Å². The van der Waals surface area contributed by atoms with E-state index in [2.05, 4.69) is 15.5 Å². The molecule has 0 aromatic carbocycles. The second kappa shape index (κ2) is 9.96. The normalized spacial score (nSPS) is 26.1. The molecule has 3 fully saturated rings. The van der Waals surface area contributed by atoms with Crippen molar-refractivity contribution in [1.82, 2.24) is 15.5 Å². The van der Waals surface area contributed by atoms with E-state index in [1.165, 1.54) is 45.2 Å². The van der Waals surface area contributed by atoms with E-state index in [1.54, 1.807) is 0 Å². The minimum Gasteiger partial charge on any atom is -0.356 e. The van der Waals surface area contributed by atoms with Crippen LogP contribution in [0.15, 0.2) is 0 Å². The van der Waals surface area contributed by atoms with E-state index in [1.807, 2.05) is 0 Å². The molecule has 2 saturated heterocycles. The maximum atomic E-state index is 11.9. The highest BCUT2D eigenvalue weighted by atomic mass is 35.5. The Labute approximate surface area is 147 Å². The van der Waals surface area contributed by atoms with Crippen LogP contribution in [0.25, 0.3) is 0 Å². The quantitative estimate of drug-likeness (QED) is 0.770. The van der Waals surface area contributed by atoms with Crippen LogP contribution in [0.5, 0.6) is 0 Å². The van der Waals surface area contributed by atoms with Gasteiger partial charge in [-0.2, -0.15) is 0 Å². The Kier molecular flexibility index (Phi) is 9.07. The summed E-state index contributed by atoms with van der Waals surface area (Å²) in [7, 11) is 0. The third kappa shape index (κ3) is 6.23.